The second kappa shape index (κ2) is 8.60. The zero-order valence-electron chi connectivity index (χ0n) is 17.8. The highest BCUT2D eigenvalue weighted by Gasteiger charge is 2.51. The molecule has 30 heavy (non-hydrogen) atoms. The van der Waals surface area contributed by atoms with Crippen LogP contribution in [0.2, 0.25) is 0 Å². The van der Waals surface area contributed by atoms with Crippen molar-refractivity contribution in [2.45, 2.75) is 51.6 Å². The molecule has 1 aromatic carbocycles. The predicted molar refractivity (Wildman–Crippen MR) is 115 cm³/mol. The minimum atomic E-state index is -0.744. The molecule has 0 aliphatic carbocycles. The molecule has 2 saturated heterocycles. The highest BCUT2D eigenvalue weighted by atomic mass is 16.2. The Morgan fingerprint density at radius 2 is 1.90 bits per heavy atom. The standard InChI is InChI=1S/C23H31N5O2/c1-17(2)8-11-23(21(29)25-22(30)26-23)19-9-12-27(13-10-19)15-18-14-24-28(16-18)20-6-4-3-5-7-20/h3-7,14,16-17,19H,8-13,15H2,1-2H3,(H2,25,26,29,30)/t23-/m0/s1. The second-order valence-electron chi connectivity index (χ2n) is 8.99. The summed E-state index contributed by atoms with van der Waals surface area (Å²) in [6.45, 7) is 6.97. The molecule has 0 unspecified atom stereocenters. The number of imide groups is 1. The van der Waals surface area contributed by atoms with Gasteiger partial charge < -0.3 is 5.32 Å². The number of nitrogens with one attached hydrogen (secondary N) is 2. The minimum Gasteiger partial charge on any atom is -0.323 e. The summed E-state index contributed by atoms with van der Waals surface area (Å²) in [5, 5.41) is 9.97. The number of nitrogens with zero attached hydrogens (tertiary/aromatic N) is 3. The van der Waals surface area contributed by atoms with Gasteiger partial charge in [-0.1, -0.05) is 32.0 Å². The topological polar surface area (TPSA) is 79.3 Å². The Morgan fingerprint density at radius 1 is 1.17 bits per heavy atom. The lowest BCUT2D eigenvalue weighted by Gasteiger charge is -2.41. The van der Waals surface area contributed by atoms with E-state index in [1.807, 2.05) is 41.2 Å². The van der Waals surface area contributed by atoms with Gasteiger partial charge in [-0.2, -0.15) is 5.10 Å². The first-order valence-corrected chi connectivity index (χ1v) is 10.9. The van der Waals surface area contributed by atoms with Crippen molar-refractivity contribution >= 4 is 11.9 Å². The van der Waals surface area contributed by atoms with Crippen LogP contribution in [0.3, 0.4) is 0 Å². The molecule has 7 nitrogen and oxygen atoms in total. The zero-order chi connectivity index (χ0) is 21.1. The van der Waals surface area contributed by atoms with Gasteiger partial charge in [-0.3, -0.25) is 15.0 Å². The Morgan fingerprint density at radius 3 is 2.53 bits per heavy atom. The molecule has 2 aromatic rings. The van der Waals surface area contributed by atoms with E-state index >= 15 is 0 Å². The quantitative estimate of drug-likeness (QED) is 0.689. The molecular formula is C23H31N5O2. The van der Waals surface area contributed by atoms with Crippen molar-refractivity contribution in [3.63, 3.8) is 0 Å². The van der Waals surface area contributed by atoms with Crippen molar-refractivity contribution in [3.05, 3.63) is 48.3 Å². The number of likely N-dealkylation sites (tertiary alicyclic amines) is 1. The molecular weight excluding hydrogens is 378 g/mol. The Kier molecular flexibility index (Phi) is 5.90. The number of aromatic nitrogens is 2. The van der Waals surface area contributed by atoms with Crippen LogP contribution in [0.25, 0.3) is 5.69 Å². The third-order valence-corrected chi connectivity index (χ3v) is 6.43. The van der Waals surface area contributed by atoms with E-state index in [0.29, 0.717) is 12.3 Å². The summed E-state index contributed by atoms with van der Waals surface area (Å²) in [6, 6.07) is 9.75. The van der Waals surface area contributed by atoms with E-state index in [1.165, 1.54) is 5.56 Å². The summed E-state index contributed by atoms with van der Waals surface area (Å²) in [7, 11) is 0. The maximum Gasteiger partial charge on any atom is 0.322 e. The number of benzene rings is 1. The van der Waals surface area contributed by atoms with Crippen molar-refractivity contribution in [2.75, 3.05) is 13.1 Å². The van der Waals surface area contributed by atoms with Gasteiger partial charge in [0.25, 0.3) is 5.91 Å². The fourth-order valence-corrected chi connectivity index (χ4v) is 4.69. The number of rotatable bonds is 7. The number of hydrogen-bond acceptors (Lipinski definition) is 4. The fourth-order valence-electron chi connectivity index (χ4n) is 4.69. The Hall–Kier alpha value is -2.67. The number of hydrogen-bond donors (Lipinski definition) is 2. The largest absolute Gasteiger partial charge is 0.323 e. The van der Waals surface area contributed by atoms with Gasteiger partial charge >= 0.3 is 6.03 Å². The molecule has 2 aliphatic heterocycles. The molecule has 1 atom stereocenters. The molecule has 1 aromatic heterocycles. The molecule has 0 bridgehead atoms. The molecule has 3 amide bonds. The van der Waals surface area contributed by atoms with Crippen LogP contribution < -0.4 is 10.6 Å². The third kappa shape index (κ3) is 4.26. The molecule has 0 saturated carbocycles. The van der Waals surface area contributed by atoms with Crippen LogP contribution in [0, 0.1) is 11.8 Å². The summed E-state index contributed by atoms with van der Waals surface area (Å²) in [4.78, 5) is 27.0. The van der Waals surface area contributed by atoms with Gasteiger partial charge in [-0.25, -0.2) is 9.48 Å². The summed E-state index contributed by atoms with van der Waals surface area (Å²) >= 11 is 0. The third-order valence-electron chi connectivity index (χ3n) is 6.43. The lowest BCUT2D eigenvalue weighted by Crippen LogP contribution is -2.56. The van der Waals surface area contributed by atoms with Crippen LogP contribution >= 0.6 is 0 Å². The molecule has 4 rings (SSSR count). The Labute approximate surface area is 177 Å². The molecule has 2 aliphatic rings. The van der Waals surface area contributed by atoms with Crippen molar-refractivity contribution in [3.8, 4) is 5.69 Å². The van der Waals surface area contributed by atoms with Gasteiger partial charge in [-0.05, 0) is 62.7 Å². The van der Waals surface area contributed by atoms with Crippen molar-refractivity contribution in [1.82, 2.24) is 25.3 Å². The van der Waals surface area contributed by atoms with Gasteiger partial charge in [0.15, 0.2) is 0 Å². The highest BCUT2D eigenvalue weighted by Crippen LogP contribution is 2.35. The minimum absolute atomic E-state index is 0.143. The van der Waals surface area contributed by atoms with E-state index < -0.39 is 5.54 Å². The van der Waals surface area contributed by atoms with E-state index in [9.17, 15) is 9.59 Å². The van der Waals surface area contributed by atoms with E-state index in [0.717, 1.165) is 44.6 Å². The average molecular weight is 410 g/mol. The van der Waals surface area contributed by atoms with Crippen LogP contribution in [0.15, 0.2) is 42.7 Å². The summed E-state index contributed by atoms with van der Waals surface area (Å²) in [5.74, 6) is 0.523. The molecule has 0 spiro atoms. The summed E-state index contributed by atoms with van der Waals surface area (Å²) in [5.41, 5.74) is 1.49. The maximum absolute atomic E-state index is 12.7. The van der Waals surface area contributed by atoms with Crippen LogP contribution in [0.5, 0.6) is 0 Å². The van der Waals surface area contributed by atoms with Gasteiger partial charge in [0.1, 0.15) is 5.54 Å². The highest BCUT2D eigenvalue weighted by molar-refractivity contribution is 6.07. The fraction of sp³-hybridized carbons (Fsp3) is 0.522. The lowest BCUT2D eigenvalue weighted by atomic mass is 9.74. The van der Waals surface area contributed by atoms with E-state index in [2.05, 4.69) is 40.7 Å². The lowest BCUT2D eigenvalue weighted by molar-refractivity contribution is -0.127. The average Bonchev–Trinajstić information content (AvgIpc) is 3.32. The van der Waals surface area contributed by atoms with Crippen molar-refractivity contribution < 1.29 is 9.59 Å². The van der Waals surface area contributed by atoms with Gasteiger partial charge in [0.05, 0.1) is 11.9 Å². The Bertz CT molecular complexity index is 886. The zero-order valence-corrected chi connectivity index (χ0v) is 17.8. The van der Waals surface area contributed by atoms with Gasteiger partial charge in [0.2, 0.25) is 0 Å². The van der Waals surface area contributed by atoms with E-state index in [4.69, 9.17) is 0 Å². The van der Waals surface area contributed by atoms with Gasteiger partial charge in [-0.15, -0.1) is 0 Å². The molecule has 0 radical (unpaired) electrons. The van der Waals surface area contributed by atoms with E-state index in [-0.39, 0.29) is 17.9 Å². The van der Waals surface area contributed by atoms with Crippen LogP contribution in [0.4, 0.5) is 4.79 Å². The molecule has 160 valence electrons. The molecule has 2 N–H and O–H groups in total. The predicted octanol–water partition coefficient (Wildman–Crippen LogP) is 3.10. The van der Waals surface area contributed by atoms with Crippen LogP contribution in [-0.4, -0.2) is 45.2 Å². The maximum atomic E-state index is 12.7. The number of urea groups is 1. The van der Waals surface area contributed by atoms with Crippen LogP contribution in [0.1, 0.15) is 45.1 Å². The van der Waals surface area contributed by atoms with Crippen molar-refractivity contribution in [2.24, 2.45) is 11.8 Å². The molecule has 7 heteroatoms. The normalized spacial score (nSPS) is 23.0. The first-order chi connectivity index (χ1) is 14.5. The number of para-hydroxylation sites is 1. The number of amides is 3. The number of carbonyl (C=O) groups is 2. The first kappa shape index (κ1) is 20.6. The second-order valence-corrected chi connectivity index (χ2v) is 8.99. The SMILES string of the molecule is CC(C)CC[C@@]1(C2CCN(Cc3cnn(-c4ccccc4)c3)CC2)NC(=O)NC1=O. The number of piperidine rings is 1. The summed E-state index contributed by atoms with van der Waals surface area (Å²) in [6.07, 6.45) is 7.44. The van der Waals surface area contributed by atoms with Crippen molar-refractivity contribution in [1.29, 1.82) is 0 Å². The molecule has 2 fully saturated rings. The monoisotopic (exact) mass is 409 g/mol. The summed E-state index contributed by atoms with van der Waals surface area (Å²) < 4.78 is 1.90. The molecule has 3 heterocycles. The Balaban J connectivity index is 1.38. The first-order valence-electron chi connectivity index (χ1n) is 10.9. The van der Waals surface area contributed by atoms with E-state index in [1.54, 1.807) is 0 Å². The van der Waals surface area contributed by atoms with Gasteiger partial charge in [0, 0.05) is 18.3 Å². The smallest absolute Gasteiger partial charge is 0.322 e. The number of carbonyl (C=O) groups excluding carboxylic acids is 2. The van der Waals surface area contributed by atoms with Crippen LogP contribution in [-0.2, 0) is 11.3 Å².